The van der Waals surface area contributed by atoms with Crippen molar-refractivity contribution in [3.63, 3.8) is 0 Å². The molecule has 34 heavy (non-hydrogen) atoms. The Labute approximate surface area is 197 Å². The first-order chi connectivity index (χ1) is 16.5. The number of aromatic nitrogens is 2. The van der Waals surface area contributed by atoms with Crippen molar-refractivity contribution in [1.82, 2.24) is 20.8 Å². The number of rotatable bonds is 9. The van der Waals surface area contributed by atoms with Crippen molar-refractivity contribution in [3.05, 3.63) is 53.1 Å². The normalized spacial score (nSPS) is 14.6. The maximum atomic E-state index is 11.9. The number of fused-ring (bicyclic) bond motifs is 1. The summed E-state index contributed by atoms with van der Waals surface area (Å²) in [7, 11) is 0. The van der Waals surface area contributed by atoms with Gasteiger partial charge in [0.15, 0.2) is 0 Å². The lowest BCUT2D eigenvalue weighted by molar-refractivity contribution is -0.120. The number of carbonyl (C=O) groups is 1. The van der Waals surface area contributed by atoms with E-state index in [0.29, 0.717) is 28.6 Å². The summed E-state index contributed by atoms with van der Waals surface area (Å²) >= 11 is 0. The molecular weight excluding hydrogens is 434 g/mol. The van der Waals surface area contributed by atoms with Gasteiger partial charge in [-0.2, -0.15) is 10.2 Å². The molecule has 1 amide bonds. The quantitative estimate of drug-likeness (QED) is 0.443. The molecule has 0 unspecified atom stereocenters. The predicted molar refractivity (Wildman–Crippen MR) is 125 cm³/mol. The molecule has 0 saturated heterocycles. The Hall–Kier alpha value is -3.74. The van der Waals surface area contributed by atoms with Crippen LogP contribution in [-0.4, -0.2) is 47.0 Å². The largest absolute Gasteiger partial charge is 0.490 e. The van der Waals surface area contributed by atoms with Gasteiger partial charge >= 0.3 is 0 Å². The summed E-state index contributed by atoms with van der Waals surface area (Å²) in [4.78, 5) is 16.5. The van der Waals surface area contributed by atoms with Crippen LogP contribution >= 0.6 is 0 Å². The summed E-state index contributed by atoms with van der Waals surface area (Å²) in [5.41, 5.74) is 4.18. The predicted octanol–water partition coefficient (Wildman–Crippen LogP) is 2.75. The monoisotopic (exact) mass is 461 g/mol. The lowest BCUT2D eigenvalue weighted by atomic mass is 10.0. The average molecular weight is 462 g/mol. The fourth-order valence-electron chi connectivity index (χ4n) is 4.11. The molecule has 2 aromatic carbocycles. The SMILES string of the molecule is CC(C)Oc1ccc(-c2nc(-c3cccc4c3CC[C@H]4NCC(=O)NCCO)no2)cc1C#N. The first-order valence-corrected chi connectivity index (χ1v) is 11.3. The van der Waals surface area contributed by atoms with Gasteiger partial charge in [-0.05, 0) is 56.0 Å². The second kappa shape index (κ2) is 10.5. The molecule has 0 bridgehead atoms. The molecule has 1 aliphatic carbocycles. The lowest BCUT2D eigenvalue weighted by Gasteiger charge is -2.14. The Morgan fingerprint density at radius 3 is 2.97 bits per heavy atom. The highest BCUT2D eigenvalue weighted by molar-refractivity contribution is 5.78. The summed E-state index contributed by atoms with van der Waals surface area (Å²) in [5, 5.41) is 28.5. The summed E-state index contributed by atoms with van der Waals surface area (Å²) in [6, 6.07) is 13.4. The van der Waals surface area contributed by atoms with E-state index in [9.17, 15) is 10.1 Å². The van der Waals surface area contributed by atoms with Gasteiger partial charge in [-0.1, -0.05) is 23.4 Å². The minimum atomic E-state index is -0.150. The molecular formula is C25H27N5O4. The lowest BCUT2D eigenvalue weighted by Crippen LogP contribution is -2.36. The molecule has 0 aliphatic heterocycles. The zero-order valence-electron chi connectivity index (χ0n) is 19.2. The highest BCUT2D eigenvalue weighted by atomic mass is 16.5. The van der Waals surface area contributed by atoms with Crippen molar-refractivity contribution in [3.8, 4) is 34.7 Å². The molecule has 4 rings (SSSR count). The summed E-state index contributed by atoms with van der Waals surface area (Å²) < 4.78 is 11.2. The highest BCUT2D eigenvalue weighted by Gasteiger charge is 2.27. The van der Waals surface area contributed by atoms with Gasteiger partial charge in [0, 0.05) is 23.7 Å². The van der Waals surface area contributed by atoms with E-state index in [1.54, 1.807) is 18.2 Å². The van der Waals surface area contributed by atoms with E-state index in [-0.39, 0.29) is 37.7 Å². The number of hydrogen-bond donors (Lipinski definition) is 3. The van der Waals surface area contributed by atoms with Gasteiger partial charge < -0.3 is 25.0 Å². The standard InChI is InChI=1S/C25H27N5O4/c1-15(2)33-22-9-6-16(12-17(22)13-26)25-29-24(30-34-25)20-5-3-4-19-18(20)7-8-21(19)28-14-23(32)27-10-11-31/h3-6,9,12,15,21,28,31H,7-8,10-11,14H2,1-2H3,(H,27,32)/t21-/m1/s1. The van der Waals surface area contributed by atoms with E-state index in [0.717, 1.165) is 29.5 Å². The summed E-state index contributed by atoms with van der Waals surface area (Å²) in [6.45, 7) is 4.16. The highest BCUT2D eigenvalue weighted by Crippen LogP contribution is 2.37. The molecule has 0 radical (unpaired) electrons. The van der Waals surface area contributed by atoms with Gasteiger partial charge in [-0.25, -0.2) is 0 Å². The van der Waals surface area contributed by atoms with Crippen molar-refractivity contribution in [1.29, 1.82) is 5.26 Å². The minimum Gasteiger partial charge on any atom is -0.490 e. The molecule has 176 valence electrons. The molecule has 0 spiro atoms. The Morgan fingerprint density at radius 1 is 1.35 bits per heavy atom. The topological polar surface area (TPSA) is 133 Å². The molecule has 1 atom stereocenters. The minimum absolute atomic E-state index is 0.0404. The van der Waals surface area contributed by atoms with Crippen molar-refractivity contribution >= 4 is 5.91 Å². The number of ether oxygens (including phenoxy) is 1. The van der Waals surface area contributed by atoms with Crippen LogP contribution in [0.5, 0.6) is 5.75 Å². The van der Waals surface area contributed by atoms with E-state index < -0.39 is 0 Å². The van der Waals surface area contributed by atoms with Crippen LogP contribution in [0.4, 0.5) is 0 Å². The second-order valence-corrected chi connectivity index (χ2v) is 8.33. The van der Waals surface area contributed by atoms with E-state index in [1.165, 1.54) is 0 Å². The van der Waals surface area contributed by atoms with E-state index >= 15 is 0 Å². The van der Waals surface area contributed by atoms with Gasteiger partial charge in [0.25, 0.3) is 5.89 Å². The summed E-state index contributed by atoms with van der Waals surface area (Å²) in [6.07, 6.45) is 1.64. The third kappa shape index (κ3) is 5.09. The van der Waals surface area contributed by atoms with Gasteiger partial charge in [-0.15, -0.1) is 0 Å². The molecule has 3 N–H and O–H groups in total. The summed E-state index contributed by atoms with van der Waals surface area (Å²) in [5.74, 6) is 1.18. The maximum absolute atomic E-state index is 11.9. The van der Waals surface area contributed by atoms with Crippen LogP contribution in [0.1, 0.15) is 43.0 Å². The Kier molecular flexibility index (Phi) is 7.21. The molecule has 9 heteroatoms. The number of aliphatic hydroxyl groups is 1. The first kappa shape index (κ1) is 23.4. The van der Waals surface area contributed by atoms with Crippen molar-refractivity contribution in [2.24, 2.45) is 0 Å². The number of hydrogen-bond acceptors (Lipinski definition) is 8. The molecule has 1 heterocycles. The number of nitrogens with zero attached hydrogens (tertiary/aromatic N) is 3. The number of benzene rings is 2. The molecule has 0 fully saturated rings. The zero-order chi connectivity index (χ0) is 24.1. The van der Waals surface area contributed by atoms with Gasteiger partial charge in [0.1, 0.15) is 11.8 Å². The average Bonchev–Trinajstić information content (AvgIpc) is 3.49. The van der Waals surface area contributed by atoms with Crippen LogP contribution in [0.25, 0.3) is 22.8 Å². The van der Waals surface area contributed by atoms with Gasteiger partial charge in [0.05, 0.1) is 24.8 Å². The smallest absolute Gasteiger partial charge is 0.258 e. The van der Waals surface area contributed by atoms with Crippen LogP contribution in [0, 0.1) is 11.3 Å². The molecule has 9 nitrogen and oxygen atoms in total. The van der Waals surface area contributed by atoms with E-state index in [4.69, 9.17) is 14.4 Å². The van der Waals surface area contributed by atoms with Crippen molar-refractivity contribution in [2.75, 3.05) is 19.7 Å². The first-order valence-electron chi connectivity index (χ1n) is 11.3. The zero-order valence-corrected chi connectivity index (χ0v) is 19.2. The number of aliphatic hydroxyl groups excluding tert-OH is 1. The van der Waals surface area contributed by atoms with Crippen LogP contribution in [0.3, 0.4) is 0 Å². The Morgan fingerprint density at radius 2 is 2.21 bits per heavy atom. The van der Waals surface area contributed by atoms with Crippen LogP contribution < -0.4 is 15.4 Å². The third-order valence-corrected chi connectivity index (χ3v) is 5.59. The Bertz CT molecular complexity index is 1210. The van der Waals surface area contributed by atoms with Crippen molar-refractivity contribution in [2.45, 2.75) is 38.8 Å². The number of carbonyl (C=O) groups excluding carboxylic acids is 1. The molecule has 1 aliphatic rings. The van der Waals surface area contributed by atoms with Crippen LogP contribution in [-0.2, 0) is 11.2 Å². The van der Waals surface area contributed by atoms with Crippen LogP contribution in [0.2, 0.25) is 0 Å². The molecule has 3 aromatic rings. The van der Waals surface area contributed by atoms with Crippen LogP contribution in [0.15, 0.2) is 40.9 Å². The number of nitriles is 1. The number of amides is 1. The van der Waals surface area contributed by atoms with E-state index in [1.807, 2.05) is 32.0 Å². The third-order valence-electron chi connectivity index (χ3n) is 5.59. The van der Waals surface area contributed by atoms with Gasteiger partial charge in [-0.3, -0.25) is 4.79 Å². The fourth-order valence-corrected chi connectivity index (χ4v) is 4.11. The second-order valence-electron chi connectivity index (χ2n) is 8.33. The van der Waals surface area contributed by atoms with Gasteiger partial charge in [0.2, 0.25) is 11.7 Å². The maximum Gasteiger partial charge on any atom is 0.258 e. The number of nitrogens with one attached hydrogen (secondary N) is 2. The molecule has 1 aromatic heterocycles. The fraction of sp³-hybridized carbons (Fsp3) is 0.360. The van der Waals surface area contributed by atoms with E-state index in [2.05, 4.69) is 26.8 Å². The molecule has 0 saturated carbocycles. The van der Waals surface area contributed by atoms with Crippen molar-refractivity contribution < 1.29 is 19.2 Å². The Balaban J connectivity index is 1.53.